The number of carbonyl (C=O) groups excluding carboxylic acids is 1. The maximum Gasteiger partial charge on any atom is 0.336 e. The summed E-state index contributed by atoms with van der Waals surface area (Å²) in [6.45, 7) is 7.91. The van der Waals surface area contributed by atoms with E-state index in [-0.39, 0.29) is 12.3 Å². The van der Waals surface area contributed by atoms with Crippen LogP contribution in [0.15, 0.2) is 63.8 Å². The number of fused-ring (bicyclic) bond motifs is 2. The second kappa shape index (κ2) is 8.47. The summed E-state index contributed by atoms with van der Waals surface area (Å²) in [6, 6.07) is 12.7. The van der Waals surface area contributed by atoms with E-state index >= 15 is 0 Å². The molecule has 0 aliphatic carbocycles. The molecule has 2 N–H and O–H groups in total. The third-order valence-corrected chi connectivity index (χ3v) is 4.88. The summed E-state index contributed by atoms with van der Waals surface area (Å²) >= 11 is 0. The Morgan fingerprint density at radius 1 is 1.26 bits per heavy atom. The minimum atomic E-state index is -0.409. The third kappa shape index (κ3) is 4.66. The maximum absolute atomic E-state index is 12.5. The molecule has 0 radical (unpaired) electrons. The van der Waals surface area contributed by atoms with Gasteiger partial charge in [-0.05, 0) is 55.2 Å². The van der Waals surface area contributed by atoms with Crippen molar-refractivity contribution in [3.05, 3.63) is 76.2 Å². The van der Waals surface area contributed by atoms with Crippen LogP contribution in [0.3, 0.4) is 0 Å². The van der Waals surface area contributed by atoms with Gasteiger partial charge in [-0.15, -0.1) is 0 Å². The van der Waals surface area contributed by atoms with Gasteiger partial charge in [-0.3, -0.25) is 10.1 Å². The smallest absolute Gasteiger partial charge is 0.336 e. The number of aryl methyl sites for hydroxylation is 2. The predicted molar refractivity (Wildman–Crippen MR) is 121 cm³/mol. The van der Waals surface area contributed by atoms with Crippen LogP contribution in [0.2, 0.25) is 0 Å². The first-order valence-corrected chi connectivity index (χ1v) is 9.98. The molecule has 0 spiro atoms. The van der Waals surface area contributed by atoms with Crippen LogP contribution in [0.1, 0.15) is 24.5 Å². The molecule has 2 aromatic heterocycles. The molecule has 0 fully saturated rings. The standard InChI is InChI=1S/C24H23N3O4/c1-14(2)13-30-20-12-21-17(15(3)10-23(29)31-21)11-16(20)8-9-22(28)27-24-25-18-6-4-5-7-19(18)26-24/h4-7,10-12H,1,8-9,13H2,2-3H3,(H2,25,26,27,28). The van der Waals surface area contributed by atoms with E-state index in [1.807, 2.05) is 44.2 Å². The van der Waals surface area contributed by atoms with Crippen LogP contribution in [0.4, 0.5) is 5.95 Å². The van der Waals surface area contributed by atoms with Crippen molar-refractivity contribution in [2.24, 2.45) is 0 Å². The molecule has 158 valence electrons. The molecular weight excluding hydrogens is 394 g/mol. The summed E-state index contributed by atoms with van der Waals surface area (Å²) in [5.74, 6) is 0.822. The lowest BCUT2D eigenvalue weighted by atomic mass is 10.0. The molecule has 1 amide bonds. The largest absolute Gasteiger partial charge is 0.489 e. The van der Waals surface area contributed by atoms with Crippen molar-refractivity contribution in [1.29, 1.82) is 0 Å². The quantitative estimate of drug-likeness (QED) is 0.341. The van der Waals surface area contributed by atoms with E-state index < -0.39 is 5.63 Å². The van der Waals surface area contributed by atoms with Gasteiger partial charge in [0.1, 0.15) is 17.9 Å². The van der Waals surface area contributed by atoms with E-state index in [0.717, 1.165) is 33.1 Å². The number of ether oxygens (including phenoxy) is 1. The van der Waals surface area contributed by atoms with Crippen LogP contribution in [0.25, 0.3) is 22.0 Å². The summed E-state index contributed by atoms with van der Waals surface area (Å²) < 4.78 is 11.2. The van der Waals surface area contributed by atoms with Crippen LogP contribution in [0, 0.1) is 6.92 Å². The number of anilines is 1. The Morgan fingerprint density at radius 3 is 2.84 bits per heavy atom. The van der Waals surface area contributed by atoms with Gasteiger partial charge in [0.05, 0.1) is 11.0 Å². The van der Waals surface area contributed by atoms with Crippen molar-refractivity contribution in [3.8, 4) is 5.75 Å². The van der Waals surface area contributed by atoms with Gasteiger partial charge in [-0.25, -0.2) is 9.78 Å². The Balaban J connectivity index is 1.55. The molecule has 7 heteroatoms. The molecule has 0 aliphatic rings. The van der Waals surface area contributed by atoms with Gasteiger partial charge in [0.25, 0.3) is 0 Å². The number of nitrogens with zero attached hydrogens (tertiary/aromatic N) is 1. The number of nitrogens with one attached hydrogen (secondary N) is 2. The minimum Gasteiger partial charge on any atom is -0.489 e. The Hall–Kier alpha value is -3.87. The van der Waals surface area contributed by atoms with Gasteiger partial charge < -0.3 is 14.1 Å². The number of amides is 1. The van der Waals surface area contributed by atoms with Gasteiger partial charge in [0.15, 0.2) is 0 Å². The zero-order chi connectivity index (χ0) is 22.0. The first-order valence-electron chi connectivity index (χ1n) is 9.98. The minimum absolute atomic E-state index is 0.165. The van der Waals surface area contributed by atoms with Gasteiger partial charge in [0, 0.05) is 23.9 Å². The van der Waals surface area contributed by atoms with Crippen molar-refractivity contribution < 1.29 is 13.9 Å². The number of rotatable bonds is 7. The fourth-order valence-electron chi connectivity index (χ4n) is 3.38. The second-order valence-corrected chi connectivity index (χ2v) is 7.60. The van der Waals surface area contributed by atoms with E-state index in [0.29, 0.717) is 30.3 Å². The molecule has 4 aromatic rings. The van der Waals surface area contributed by atoms with Gasteiger partial charge in [-0.1, -0.05) is 18.7 Å². The lowest BCUT2D eigenvalue weighted by Gasteiger charge is -2.13. The van der Waals surface area contributed by atoms with E-state index in [9.17, 15) is 9.59 Å². The molecule has 2 heterocycles. The normalized spacial score (nSPS) is 11.0. The number of hydrogen-bond donors (Lipinski definition) is 2. The Morgan fingerprint density at radius 2 is 2.06 bits per heavy atom. The number of carbonyl (C=O) groups is 1. The zero-order valence-electron chi connectivity index (χ0n) is 17.5. The molecular formula is C24H23N3O4. The SMILES string of the molecule is C=C(C)COc1cc2oc(=O)cc(C)c2cc1CCC(=O)Nc1nc2ccccc2[nH]1. The highest BCUT2D eigenvalue weighted by Crippen LogP contribution is 2.29. The van der Waals surface area contributed by atoms with Crippen LogP contribution in [-0.4, -0.2) is 22.5 Å². The van der Waals surface area contributed by atoms with Crippen LogP contribution in [0.5, 0.6) is 5.75 Å². The average Bonchev–Trinajstić information content (AvgIpc) is 3.12. The van der Waals surface area contributed by atoms with Crippen molar-refractivity contribution in [1.82, 2.24) is 9.97 Å². The number of aromatic nitrogens is 2. The highest BCUT2D eigenvalue weighted by Gasteiger charge is 2.13. The van der Waals surface area contributed by atoms with E-state index in [2.05, 4.69) is 21.9 Å². The van der Waals surface area contributed by atoms with E-state index in [4.69, 9.17) is 9.15 Å². The van der Waals surface area contributed by atoms with E-state index in [1.165, 1.54) is 6.07 Å². The highest BCUT2D eigenvalue weighted by molar-refractivity contribution is 5.91. The number of benzene rings is 2. The molecule has 0 aliphatic heterocycles. The van der Waals surface area contributed by atoms with Gasteiger partial charge in [0.2, 0.25) is 11.9 Å². The summed E-state index contributed by atoms with van der Waals surface area (Å²) in [6.07, 6.45) is 0.688. The zero-order valence-corrected chi connectivity index (χ0v) is 17.5. The number of H-pyrrole nitrogens is 1. The fourth-order valence-corrected chi connectivity index (χ4v) is 3.38. The molecule has 2 aromatic carbocycles. The van der Waals surface area contributed by atoms with Crippen molar-refractivity contribution in [2.45, 2.75) is 26.7 Å². The number of aromatic amines is 1. The molecule has 0 bridgehead atoms. The summed E-state index contributed by atoms with van der Waals surface area (Å²) in [5, 5.41) is 3.62. The van der Waals surface area contributed by atoms with Crippen LogP contribution < -0.4 is 15.7 Å². The van der Waals surface area contributed by atoms with Gasteiger partial charge >= 0.3 is 5.63 Å². The first-order chi connectivity index (χ1) is 14.9. The number of imidazole rings is 1. The van der Waals surface area contributed by atoms with Crippen LogP contribution in [-0.2, 0) is 11.2 Å². The predicted octanol–water partition coefficient (Wildman–Crippen LogP) is 4.50. The number of hydrogen-bond acceptors (Lipinski definition) is 5. The summed E-state index contributed by atoms with van der Waals surface area (Å²) in [4.78, 5) is 31.7. The van der Waals surface area contributed by atoms with Gasteiger partial charge in [-0.2, -0.15) is 0 Å². The molecule has 0 saturated carbocycles. The summed E-state index contributed by atoms with van der Waals surface area (Å²) in [7, 11) is 0. The molecule has 0 saturated heterocycles. The lowest BCUT2D eigenvalue weighted by Crippen LogP contribution is -2.14. The van der Waals surface area contributed by atoms with E-state index in [1.54, 1.807) is 6.07 Å². The third-order valence-electron chi connectivity index (χ3n) is 4.88. The summed E-state index contributed by atoms with van der Waals surface area (Å²) in [5.41, 5.74) is 4.22. The lowest BCUT2D eigenvalue weighted by molar-refractivity contribution is -0.116. The maximum atomic E-state index is 12.5. The highest BCUT2D eigenvalue weighted by atomic mass is 16.5. The Kier molecular flexibility index (Phi) is 5.58. The molecule has 4 rings (SSSR count). The Labute approximate surface area is 178 Å². The second-order valence-electron chi connectivity index (χ2n) is 7.60. The molecule has 0 atom stereocenters. The molecule has 7 nitrogen and oxygen atoms in total. The number of para-hydroxylation sites is 2. The molecule has 31 heavy (non-hydrogen) atoms. The topological polar surface area (TPSA) is 97.2 Å². The first kappa shape index (κ1) is 20.4. The Bertz CT molecular complexity index is 1320. The van der Waals surface area contributed by atoms with Crippen molar-refractivity contribution in [3.63, 3.8) is 0 Å². The van der Waals surface area contributed by atoms with Crippen LogP contribution >= 0.6 is 0 Å². The monoisotopic (exact) mass is 417 g/mol. The van der Waals surface area contributed by atoms with Crippen molar-refractivity contribution in [2.75, 3.05) is 11.9 Å². The van der Waals surface area contributed by atoms with Crippen molar-refractivity contribution >= 4 is 33.9 Å². The fraction of sp³-hybridized carbons (Fsp3) is 0.208. The average molecular weight is 417 g/mol. The molecule has 0 unspecified atom stereocenters.